The van der Waals surface area contributed by atoms with Gasteiger partial charge in [0, 0.05) is 22.3 Å². The highest BCUT2D eigenvalue weighted by molar-refractivity contribution is 9.10. The summed E-state index contributed by atoms with van der Waals surface area (Å²) < 4.78 is 6.06. The van der Waals surface area contributed by atoms with Crippen LogP contribution in [0.1, 0.15) is 32.7 Å². The van der Waals surface area contributed by atoms with Crippen molar-refractivity contribution >= 4 is 33.4 Å². The van der Waals surface area contributed by atoms with Gasteiger partial charge in [-0.1, -0.05) is 27.5 Å². The number of amides is 1. The minimum absolute atomic E-state index is 0.158. The number of methoxy groups -OCH3 is 1. The SMILES string of the molecule is COc1cc(Br)c2c(c1Cl)C(=O)N(Cc1c(C)cc(C)[nH]c1=O)CC2. The molecule has 0 unspecified atom stereocenters. The number of aromatic nitrogens is 1. The first kappa shape index (κ1) is 18.0. The van der Waals surface area contributed by atoms with E-state index in [0.717, 1.165) is 21.3 Å². The Kier molecular flexibility index (Phi) is 4.93. The zero-order valence-corrected chi connectivity index (χ0v) is 16.5. The largest absolute Gasteiger partial charge is 0.495 e. The lowest BCUT2D eigenvalue weighted by Gasteiger charge is -2.30. The molecule has 5 nitrogen and oxygen atoms in total. The van der Waals surface area contributed by atoms with Crippen molar-refractivity contribution in [2.45, 2.75) is 26.8 Å². The van der Waals surface area contributed by atoms with Gasteiger partial charge in [0.15, 0.2) is 0 Å². The van der Waals surface area contributed by atoms with Gasteiger partial charge in [0.05, 0.1) is 24.2 Å². The van der Waals surface area contributed by atoms with Gasteiger partial charge in [0.1, 0.15) is 5.75 Å². The van der Waals surface area contributed by atoms with E-state index in [1.54, 1.807) is 11.0 Å². The molecule has 132 valence electrons. The summed E-state index contributed by atoms with van der Waals surface area (Å²) in [5.41, 5.74) is 3.44. The Hall–Kier alpha value is -1.79. The van der Waals surface area contributed by atoms with Crippen molar-refractivity contribution in [1.29, 1.82) is 0 Å². The van der Waals surface area contributed by atoms with Crippen molar-refractivity contribution < 1.29 is 9.53 Å². The lowest BCUT2D eigenvalue weighted by molar-refractivity contribution is 0.0725. The Morgan fingerprint density at radius 1 is 1.32 bits per heavy atom. The van der Waals surface area contributed by atoms with Crippen LogP contribution in [0.3, 0.4) is 0 Å². The number of nitrogens with one attached hydrogen (secondary N) is 1. The number of hydrogen-bond donors (Lipinski definition) is 1. The van der Waals surface area contributed by atoms with Crippen LogP contribution >= 0.6 is 27.5 Å². The number of rotatable bonds is 3. The third-order valence-corrected chi connectivity index (χ3v) is 5.56. The van der Waals surface area contributed by atoms with E-state index in [4.69, 9.17) is 16.3 Å². The van der Waals surface area contributed by atoms with Crippen LogP contribution in [0, 0.1) is 13.8 Å². The number of fused-ring (bicyclic) bond motifs is 1. The molecule has 1 amide bonds. The minimum atomic E-state index is -0.190. The van der Waals surface area contributed by atoms with E-state index in [9.17, 15) is 9.59 Å². The van der Waals surface area contributed by atoms with Gasteiger partial charge in [0.25, 0.3) is 11.5 Å². The third kappa shape index (κ3) is 3.20. The van der Waals surface area contributed by atoms with Crippen molar-refractivity contribution in [3.8, 4) is 5.75 Å². The molecule has 1 N–H and O–H groups in total. The first-order valence-electron chi connectivity index (χ1n) is 7.87. The molecular weight excluding hydrogens is 408 g/mol. The van der Waals surface area contributed by atoms with Crippen LogP contribution in [0.2, 0.25) is 5.02 Å². The second-order valence-electron chi connectivity index (χ2n) is 6.15. The zero-order valence-electron chi connectivity index (χ0n) is 14.2. The smallest absolute Gasteiger partial charge is 0.256 e. The van der Waals surface area contributed by atoms with Crippen molar-refractivity contribution in [3.05, 3.63) is 59.9 Å². The molecule has 0 atom stereocenters. The molecular formula is C18H18BrClN2O3. The van der Waals surface area contributed by atoms with Crippen molar-refractivity contribution in [3.63, 3.8) is 0 Å². The number of halogens is 2. The number of benzene rings is 1. The Morgan fingerprint density at radius 2 is 2.04 bits per heavy atom. The number of aromatic amines is 1. The molecule has 1 aromatic heterocycles. The normalized spacial score (nSPS) is 13.8. The molecule has 0 spiro atoms. The van der Waals surface area contributed by atoms with Crippen LogP contribution in [0.25, 0.3) is 0 Å². The average molecular weight is 426 g/mol. The number of carbonyl (C=O) groups is 1. The topological polar surface area (TPSA) is 62.4 Å². The Balaban J connectivity index is 2.00. The van der Waals surface area contributed by atoms with Gasteiger partial charge in [-0.2, -0.15) is 0 Å². The number of pyridine rings is 1. The number of hydrogen-bond acceptors (Lipinski definition) is 3. The van der Waals surface area contributed by atoms with Crippen molar-refractivity contribution in [2.24, 2.45) is 0 Å². The third-order valence-electron chi connectivity index (χ3n) is 4.48. The van der Waals surface area contributed by atoms with Gasteiger partial charge in [-0.25, -0.2) is 0 Å². The van der Waals surface area contributed by atoms with Crippen LogP contribution in [0.15, 0.2) is 21.4 Å². The molecule has 0 saturated carbocycles. The average Bonchev–Trinajstić information content (AvgIpc) is 2.55. The van der Waals surface area contributed by atoms with Gasteiger partial charge >= 0.3 is 0 Å². The van der Waals surface area contributed by atoms with E-state index in [1.165, 1.54) is 7.11 Å². The predicted molar refractivity (Wildman–Crippen MR) is 101 cm³/mol. The van der Waals surface area contributed by atoms with E-state index in [0.29, 0.717) is 34.9 Å². The maximum Gasteiger partial charge on any atom is 0.256 e. The number of ether oxygens (including phenoxy) is 1. The fourth-order valence-electron chi connectivity index (χ4n) is 3.18. The molecule has 0 bridgehead atoms. The monoisotopic (exact) mass is 424 g/mol. The summed E-state index contributed by atoms with van der Waals surface area (Å²) in [7, 11) is 1.51. The molecule has 3 rings (SSSR count). The summed E-state index contributed by atoms with van der Waals surface area (Å²) >= 11 is 9.87. The van der Waals surface area contributed by atoms with Gasteiger partial charge in [-0.05, 0) is 43.5 Å². The molecule has 1 aromatic carbocycles. The highest BCUT2D eigenvalue weighted by Gasteiger charge is 2.31. The molecule has 0 saturated heterocycles. The van der Waals surface area contributed by atoms with Gasteiger partial charge in [-0.3, -0.25) is 9.59 Å². The summed E-state index contributed by atoms with van der Waals surface area (Å²) in [6.45, 7) is 4.50. The number of H-pyrrole nitrogens is 1. The minimum Gasteiger partial charge on any atom is -0.495 e. The fraction of sp³-hybridized carbons (Fsp3) is 0.333. The predicted octanol–water partition coefficient (Wildman–Crippen LogP) is 3.61. The molecule has 25 heavy (non-hydrogen) atoms. The van der Waals surface area contributed by atoms with Crippen LogP contribution in [0.4, 0.5) is 0 Å². The van der Waals surface area contributed by atoms with E-state index >= 15 is 0 Å². The molecule has 0 aliphatic carbocycles. The highest BCUT2D eigenvalue weighted by Crippen LogP contribution is 2.39. The summed E-state index contributed by atoms with van der Waals surface area (Å²) in [5.74, 6) is 0.261. The summed E-state index contributed by atoms with van der Waals surface area (Å²) in [6.07, 6.45) is 0.661. The highest BCUT2D eigenvalue weighted by atomic mass is 79.9. The summed E-state index contributed by atoms with van der Waals surface area (Å²) in [4.78, 5) is 29.7. The first-order chi connectivity index (χ1) is 11.8. The van der Waals surface area contributed by atoms with Crippen LogP contribution < -0.4 is 10.3 Å². The second kappa shape index (κ2) is 6.84. The Labute approximate surface area is 159 Å². The maximum absolute atomic E-state index is 13.0. The standard InChI is InChI=1S/C18H18BrClN2O3/c1-9-6-10(2)21-17(23)12(9)8-22-5-4-11-13(19)7-14(25-3)16(20)15(11)18(22)24/h6-7H,4-5,8H2,1-3H3,(H,21,23). The van der Waals surface area contributed by atoms with E-state index in [2.05, 4.69) is 20.9 Å². The van der Waals surface area contributed by atoms with Crippen LogP contribution in [0.5, 0.6) is 5.75 Å². The molecule has 0 radical (unpaired) electrons. The van der Waals surface area contributed by atoms with Gasteiger partial charge in [-0.15, -0.1) is 0 Å². The molecule has 2 aromatic rings. The molecule has 2 heterocycles. The quantitative estimate of drug-likeness (QED) is 0.817. The molecule has 7 heteroatoms. The maximum atomic E-state index is 13.0. The lowest BCUT2D eigenvalue weighted by Crippen LogP contribution is -2.39. The fourth-order valence-corrected chi connectivity index (χ4v) is 4.11. The van der Waals surface area contributed by atoms with E-state index in [1.807, 2.05) is 19.9 Å². The molecule has 1 aliphatic heterocycles. The lowest BCUT2D eigenvalue weighted by atomic mass is 9.97. The number of aryl methyl sites for hydroxylation is 2. The van der Waals surface area contributed by atoms with Crippen LogP contribution in [-0.4, -0.2) is 29.4 Å². The van der Waals surface area contributed by atoms with E-state index < -0.39 is 0 Å². The Morgan fingerprint density at radius 3 is 2.68 bits per heavy atom. The zero-order chi connectivity index (χ0) is 18.3. The first-order valence-corrected chi connectivity index (χ1v) is 9.04. The molecule has 0 fully saturated rings. The second-order valence-corrected chi connectivity index (χ2v) is 7.38. The number of carbonyl (C=O) groups excluding carboxylic acids is 1. The van der Waals surface area contributed by atoms with Gasteiger partial charge < -0.3 is 14.6 Å². The summed E-state index contributed by atoms with van der Waals surface area (Å²) in [5, 5.41) is 0.310. The molecule has 1 aliphatic rings. The Bertz CT molecular complexity index is 924. The van der Waals surface area contributed by atoms with Crippen LogP contribution in [-0.2, 0) is 13.0 Å². The van der Waals surface area contributed by atoms with E-state index in [-0.39, 0.29) is 18.0 Å². The van der Waals surface area contributed by atoms with Crippen molar-refractivity contribution in [2.75, 3.05) is 13.7 Å². The number of nitrogens with zero attached hydrogens (tertiary/aromatic N) is 1. The van der Waals surface area contributed by atoms with Crippen molar-refractivity contribution in [1.82, 2.24) is 9.88 Å². The van der Waals surface area contributed by atoms with Gasteiger partial charge in [0.2, 0.25) is 0 Å². The summed E-state index contributed by atoms with van der Waals surface area (Å²) in [6, 6.07) is 3.69.